The van der Waals surface area contributed by atoms with Crippen LogP contribution in [0.5, 0.6) is 0 Å². The fourth-order valence-corrected chi connectivity index (χ4v) is 0.0884. The Labute approximate surface area is 25.8 Å². The van der Waals surface area contributed by atoms with Gasteiger partial charge in [0.25, 0.3) is 0 Å². The Morgan fingerprint density at radius 1 is 1.50 bits per heavy atom. The maximum atomic E-state index is 2.75. The third-order valence-corrected chi connectivity index (χ3v) is 0.354. The fraction of sp³-hybridized carbons (Fsp3) is 0.250. The van der Waals surface area contributed by atoms with Crippen LogP contribution < -0.4 is 0 Å². The number of hydrogen-bond donors (Lipinski definition) is 0. The molecule has 0 aromatic heterocycles. The van der Waals surface area contributed by atoms with Crippen LogP contribution in [0.4, 0.5) is 0 Å². The molecule has 18 valence electrons. The number of hydrogen-bond acceptors (Lipinski definition) is 0. The molecule has 0 aliphatic heterocycles. The van der Waals surface area contributed by atoms with Crippen molar-refractivity contribution < 1.29 is 0 Å². The van der Waals surface area contributed by atoms with Gasteiger partial charge in [0.1, 0.15) is 0 Å². The van der Waals surface area contributed by atoms with E-state index in [1.54, 1.807) is 0 Å². The zero-order valence-electron chi connectivity index (χ0n) is 2.21. The van der Waals surface area contributed by atoms with E-state index in [1.165, 1.54) is 0 Å². The molecular weight excluding hydrogens is 48.0 g/mol. The first-order valence-corrected chi connectivity index (χ1v) is 1.21. The minimum atomic E-state index is 0.889. The normalized spacial score (nSPS) is 16.0. The monoisotopic (exact) mass is 50.0 g/mol. The van der Waals surface area contributed by atoms with Crippen LogP contribution in [0.1, 0.15) is 6.42 Å². The summed E-state index contributed by atoms with van der Waals surface area (Å²) in [5, 5.41) is 0. The molecular formula is C4H2. The molecule has 4 heavy (non-hydrogen) atoms. The highest BCUT2D eigenvalue weighted by molar-refractivity contribution is 5.23. The predicted molar refractivity (Wildman–Crippen MR) is 15.6 cm³/mol. The molecule has 1 rings (SSSR count). The maximum absolute atomic E-state index is 2.75. The lowest BCUT2D eigenvalue weighted by Crippen LogP contribution is -1.74. The van der Waals surface area contributed by atoms with Gasteiger partial charge in [0, 0.05) is 6.42 Å². The second-order valence-electron chi connectivity index (χ2n) is 0.655. The molecule has 0 amide bonds. The third-order valence-electron chi connectivity index (χ3n) is 0.354. The van der Waals surface area contributed by atoms with Gasteiger partial charge >= 0.3 is 0 Å². The smallest absolute Gasteiger partial charge is 0.0803 e. The van der Waals surface area contributed by atoms with Crippen molar-refractivity contribution in [2.75, 3.05) is 0 Å². The second-order valence-corrected chi connectivity index (χ2v) is 0.655. The van der Waals surface area contributed by atoms with Gasteiger partial charge in [-0.1, -0.05) is 5.92 Å². The minimum absolute atomic E-state index is 0.889. The predicted octanol–water partition coefficient (Wildman–Crippen LogP) is 0.475. The molecule has 2 radical (unpaired) electrons. The molecule has 0 fully saturated rings. The topological polar surface area (TPSA) is 0 Å². The number of rotatable bonds is 0. The van der Waals surface area contributed by atoms with Crippen molar-refractivity contribution in [3.05, 3.63) is 6.42 Å². The van der Waals surface area contributed by atoms with Gasteiger partial charge in [-0.25, -0.2) is 0 Å². The molecule has 1 aliphatic carbocycles. The average Bonchev–Trinajstić information content (AvgIpc) is 0.722. The summed E-state index contributed by atoms with van der Waals surface area (Å²) in [6.45, 7) is 0. The molecule has 1 aliphatic rings. The fourth-order valence-electron chi connectivity index (χ4n) is 0.0884. The van der Waals surface area contributed by atoms with Gasteiger partial charge in [-0.15, -0.1) is 5.92 Å². The van der Waals surface area contributed by atoms with Crippen LogP contribution in [0.3, 0.4) is 0 Å². The molecule has 0 aromatic rings. The van der Waals surface area contributed by atoms with Gasteiger partial charge in [0.15, 0.2) is 0 Å². The molecule has 0 saturated carbocycles. The molecule has 0 unspecified atom stereocenters. The lowest BCUT2D eigenvalue weighted by atomic mass is 10.2. The Balaban J connectivity index is 2.69. The van der Waals surface area contributed by atoms with E-state index >= 15 is 0 Å². The van der Waals surface area contributed by atoms with E-state index < -0.39 is 0 Å². The van der Waals surface area contributed by atoms with Crippen molar-refractivity contribution in [3.63, 3.8) is 0 Å². The molecule has 0 bridgehead atoms. The molecule has 0 atom stereocenters. The van der Waals surface area contributed by atoms with Gasteiger partial charge in [-0.2, -0.15) is 0 Å². The Morgan fingerprint density at radius 2 is 1.75 bits per heavy atom. The highest BCUT2D eigenvalue weighted by atomic mass is 13.8. The van der Waals surface area contributed by atoms with Gasteiger partial charge in [0.05, 0.1) is 6.42 Å². The van der Waals surface area contributed by atoms with Crippen LogP contribution in [0.25, 0.3) is 0 Å². The van der Waals surface area contributed by atoms with E-state index in [1.807, 2.05) is 0 Å². The van der Waals surface area contributed by atoms with E-state index in [4.69, 9.17) is 0 Å². The van der Waals surface area contributed by atoms with Crippen molar-refractivity contribution in [1.29, 1.82) is 0 Å². The van der Waals surface area contributed by atoms with E-state index in [0.29, 0.717) is 0 Å². The Kier molecular flexibility index (Phi) is 0.226. The summed E-state index contributed by atoms with van der Waals surface area (Å²) in [6, 6.07) is 0. The summed E-state index contributed by atoms with van der Waals surface area (Å²) >= 11 is 0. The largest absolute Gasteiger partial charge is 0.101 e. The van der Waals surface area contributed by atoms with E-state index in [-0.39, 0.29) is 0 Å². The highest BCUT2D eigenvalue weighted by Gasteiger charge is 1.81. The average molecular weight is 50.1 g/mol. The van der Waals surface area contributed by atoms with Crippen LogP contribution in [0.2, 0.25) is 0 Å². The third kappa shape index (κ3) is 0.0386. The van der Waals surface area contributed by atoms with Crippen LogP contribution >= 0.6 is 0 Å². The van der Waals surface area contributed by atoms with E-state index in [9.17, 15) is 0 Å². The standard InChI is InChI=1S/C4H2/c1-2-4-3-1/h1H2. The molecule has 0 N–H and O–H groups in total. The van der Waals surface area contributed by atoms with Gasteiger partial charge < -0.3 is 0 Å². The first-order valence-electron chi connectivity index (χ1n) is 1.21. The highest BCUT2D eigenvalue weighted by Crippen LogP contribution is 1.88. The summed E-state index contributed by atoms with van der Waals surface area (Å²) in [4.78, 5) is 0. The second kappa shape index (κ2) is 0.492. The Hall–Kier alpha value is -0.440. The Morgan fingerprint density at radius 3 is 1.75 bits per heavy atom. The SMILES string of the molecule is [C]1C#CC1. The van der Waals surface area contributed by atoms with Crippen LogP contribution in [0, 0.1) is 18.3 Å². The van der Waals surface area contributed by atoms with Crippen molar-refractivity contribution in [3.8, 4) is 11.8 Å². The maximum Gasteiger partial charge on any atom is 0.0803 e. The van der Waals surface area contributed by atoms with Crippen LogP contribution in [-0.2, 0) is 0 Å². The zero-order chi connectivity index (χ0) is 2.83. The summed E-state index contributed by atoms with van der Waals surface area (Å²) in [5.74, 6) is 5.36. The molecule has 0 saturated heterocycles. The molecule has 0 spiro atoms. The van der Waals surface area contributed by atoms with Crippen molar-refractivity contribution in [2.45, 2.75) is 6.42 Å². The molecule has 0 heterocycles. The van der Waals surface area contributed by atoms with Crippen LogP contribution in [0.15, 0.2) is 0 Å². The van der Waals surface area contributed by atoms with E-state index in [2.05, 4.69) is 18.3 Å². The van der Waals surface area contributed by atoms with Crippen molar-refractivity contribution in [1.82, 2.24) is 0 Å². The van der Waals surface area contributed by atoms with E-state index in [0.717, 1.165) is 6.42 Å². The van der Waals surface area contributed by atoms with Gasteiger partial charge in [0.2, 0.25) is 0 Å². The van der Waals surface area contributed by atoms with Crippen molar-refractivity contribution >= 4 is 0 Å². The summed E-state index contributed by atoms with van der Waals surface area (Å²) in [7, 11) is 0. The summed E-state index contributed by atoms with van der Waals surface area (Å²) < 4.78 is 0. The minimum Gasteiger partial charge on any atom is -0.101 e. The Bertz CT molecular complexity index is 53.8. The first kappa shape index (κ1) is 1.84. The molecule has 0 nitrogen and oxygen atoms in total. The zero-order valence-corrected chi connectivity index (χ0v) is 2.21. The van der Waals surface area contributed by atoms with Crippen molar-refractivity contribution in [2.24, 2.45) is 0 Å². The molecule has 0 heteroatoms. The van der Waals surface area contributed by atoms with Gasteiger partial charge in [-0.3, -0.25) is 0 Å². The molecule has 0 aromatic carbocycles. The van der Waals surface area contributed by atoms with Gasteiger partial charge in [-0.05, 0) is 0 Å². The summed E-state index contributed by atoms with van der Waals surface area (Å²) in [6.07, 6.45) is 3.64. The lowest BCUT2D eigenvalue weighted by Gasteiger charge is -1.82. The van der Waals surface area contributed by atoms with Crippen LogP contribution in [-0.4, -0.2) is 0 Å². The summed E-state index contributed by atoms with van der Waals surface area (Å²) in [5.41, 5.74) is 0. The quantitative estimate of drug-likeness (QED) is 0.350. The first-order chi connectivity index (χ1) is 2.00. The lowest BCUT2D eigenvalue weighted by molar-refractivity contribution is 1.31.